The van der Waals surface area contributed by atoms with Crippen molar-refractivity contribution >= 4 is 23.4 Å². The third-order valence-corrected chi connectivity index (χ3v) is 6.11. The molecule has 1 aromatic heterocycles. The van der Waals surface area contributed by atoms with Crippen molar-refractivity contribution in [2.75, 3.05) is 25.0 Å². The van der Waals surface area contributed by atoms with E-state index >= 15 is 0 Å². The maximum atomic E-state index is 13.3. The number of aromatic nitrogens is 3. The van der Waals surface area contributed by atoms with E-state index in [9.17, 15) is 4.79 Å². The van der Waals surface area contributed by atoms with Gasteiger partial charge in [-0.15, -0.1) is 10.2 Å². The standard InChI is InChI=1S/C21H23N5O3S/c1-4-17-23-24-21-26(17)25-18(13-8-10-15(28-2)11-9-13)19(30-21)20(27)22-14-6-5-7-16(12-14)29-3/h5-12,18-19,25H,4H2,1-3H3,(H,22,27)/t18-,19+/m1/s1. The minimum atomic E-state index is -0.453. The molecular weight excluding hydrogens is 402 g/mol. The van der Waals surface area contributed by atoms with Gasteiger partial charge in [0.1, 0.15) is 16.7 Å². The van der Waals surface area contributed by atoms with Crippen LogP contribution in [0.15, 0.2) is 53.7 Å². The number of nitrogens with one attached hydrogen (secondary N) is 2. The predicted molar refractivity (Wildman–Crippen MR) is 116 cm³/mol. The van der Waals surface area contributed by atoms with Gasteiger partial charge < -0.3 is 20.2 Å². The molecule has 0 spiro atoms. The molecule has 0 radical (unpaired) electrons. The van der Waals surface area contributed by atoms with Crippen molar-refractivity contribution in [2.24, 2.45) is 0 Å². The second-order valence-electron chi connectivity index (χ2n) is 6.73. The molecule has 2 heterocycles. The van der Waals surface area contributed by atoms with Gasteiger partial charge in [-0.25, -0.2) is 4.68 Å². The van der Waals surface area contributed by atoms with Crippen LogP contribution in [0, 0.1) is 0 Å². The number of ether oxygens (including phenoxy) is 2. The fraction of sp³-hybridized carbons (Fsp3) is 0.286. The zero-order chi connectivity index (χ0) is 21.1. The fourth-order valence-electron chi connectivity index (χ4n) is 3.30. The average Bonchev–Trinajstić information content (AvgIpc) is 3.20. The summed E-state index contributed by atoms with van der Waals surface area (Å²) in [7, 11) is 3.23. The highest BCUT2D eigenvalue weighted by molar-refractivity contribution is 8.00. The van der Waals surface area contributed by atoms with Crippen LogP contribution >= 0.6 is 11.8 Å². The van der Waals surface area contributed by atoms with Crippen molar-refractivity contribution in [3.05, 3.63) is 59.9 Å². The van der Waals surface area contributed by atoms with Crippen LogP contribution in [0.25, 0.3) is 0 Å². The number of benzene rings is 2. The van der Waals surface area contributed by atoms with Gasteiger partial charge in [0.2, 0.25) is 11.1 Å². The van der Waals surface area contributed by atoms with Gasteiger partial charge in [0.05, 0.1) is 20.3 Å². The van der Waals surface area contributed by atoms with E-state index in [2.05, 4.69) is 20.9 Å². The molecule has 0 aliphatic carbocycles. The molecule has 1 amide bonds. The monoisotopic (exact) mass is 425 g/mol. The molecule has 0 saturated carbocycles. The Morgan fingerprint density at radius 2 is 1.90 bits per heavy atom. The molecule has 2 atom stereocenters. The summed E-state index contributed by atoms with van der Waals surface area (Å²) in [5.74, 6) is 2.14. The second kappa shape index (κ2) is 8.66. The molecule has 0 bridgehead atoms. The Bertz CT molecular complexity index is 1040. The number of anilines is 1. The summed E-state index contributed by atoms with van der Waals surface area (Å²) in [5, 5.41) is 11.7. The summed E-state index contributed by atoms with van der Waals surface area (Å²) in [6.07, 6.45) is 0.733. The predicted octanol–water partition coefficient (Wildman–Crippen LogP) is 3.26. The first-order chi connectivity index (χ1) is 14.6. The number of carbonyl (C=O) groups is 1. The third kappa shape index (κ3) is 3.93. The first-order valence-electron chi connectivity index (χ1n) is 9.59. The van der Waals surface area contributed by atoms with Crippen molar-refractivity contribution in [2.45, 2.75) is 29.8 Å². The van der Waals surface area contributed by atoms with E-state index in [0.717, 1.165) is 23.6 Å². The Labute approximate surface area is 179 Å². The molecule has 0 fully saturated rings. The molecule has 3 aromatic rings. The Morgan fingerprint density at radius 3 is 2.60 bits per heavy atom. The van der Waals surface area contributed by atoms with Crippen molar-refractivity contribution in [1.29, 1.82) is 0 Å². The number of carbonyl (C=O) groups excluding carboxylic acids is 1. The first kappa shape index (κ1) is 20.1. The summed E-state index contributed by atoms with van der Waals surface area (Å²) in [5.41, 5.74) is 5.08. The van der Waals surface area contributed by atoms with E-state index in [1.54, 1.807) is 20.3 Å². The van der Waals surface area contributed by atoms with Gasteiger partial charge in [-0.05, 0) is 29.8 Å². The maximum absolute atomic E-state index is 13.3. The van der Waals surface area contributed by atoms with Crippen LogP contribution in [0.5, 0.6) is 11.5 Å². The zero-order valence-electron chi connectivity index (χ0n) is 17.0. The number of hydrogen-bond acceptors (Lipinski definition) is 7. The molecule has 30 heavy (non-hydrogen) atoms. The second-order valence-corrected chi connectivity index (χ2v) is 7.84. The van der Waals surface area contributed by atoms with Crippen LogP contribution < -0.4 is 20.2 Å². The Morgan fingerprint density at radius 1 is 1.13 bits per heavy atom. The summed E-state index contributed by atoms with van der Waals surface area (Å²) in [6, 6.07) is 14.7. The average molecular weight is 426 g/mol. The van der Waals surface area contributed by atoms with Crippen molar-refractivity contribution in [3.63, 3.8) is 0 Å². The molecule has 2 aromatic carbocycles. The van der Waals surface area contributed by atoms with E-state index in [0.29, 0.717) is 16.6 Å². The minimum absolute atomic E-state index is 0.131. The first-order valence-corrected chi connectivity index (χ1v) is 10.5. The SMILES string of the molecule is CCc1nnc2n1N[C@H](c1ccc(OC)cc1)[C@@H](C(=O)Nc1cccc(OC)c1)S2. The highest BCUT2D eigenvalue weighted by atomic mass is 32.2. The van der Waals surface area contributed by atoms with E-state index < -0.39 is 5.25 Å². The molecule has 9 heteroatoms. The van der Waals surface area contributed by atoms with Crippen LogP contribution in [-0.2, 0) is 11.2 Å². The smallest absolute Gasteiger partial charge is 0.240 e. The van der Waals surface area contributed by atoms with Gasteiger partial charge in [-0.1, -0.05) is 36.9 Å². The lowest BCUT2D eigenvalue weighted by molar-refractivity contribution is -0.116. The van der Waals surface area contributed by atoms with Gasteiger partial charge in [-0.2, -0.15) is 0 Å². The lowest BCUT2D eigenvalue weighted by Crippen LogP contribution is -2.41. The van der Waals surface area contributed by atoms with Gasteiger partial charge in [0.15, 0.2) is 5.82 Å². The van der Waals surface area contributed by atoms with Crippen LogP contribution in [0.3, 0.4) is 0 Å². The number of nitrogens with zero attached hydrogens (tertiary/aromatic N) is 3. The molecule has 156 valence electrons. The Kier molecular flexibility index (Phi) is 5.80. The lowest BCUT2D eigenvalue weighted by Gasteiger charge is -2.33. The Balaban J connectivity index is 1.65. The van der Waals surface area contributed by atoms with E-state index in [-0.39, 0.29) is 11.9 Å². The molecule has 0 saturated heterocycles. The van der Waals surface area contributed by atoms with Crippen LogP contribution in [0.2, 0.25) is 0 Å². The molecule has 1 aliphatic heterocycles. The number of fused-ring (bicyclic) bond motifs is 1. The van der Waals surface area contributed by atoms with Crippen LogP contribution in [0.1, 0.15) is 24.4 Å². The van der Waals surface area contributed by atoms with Gasteiger partial charge in [0, 0.05) is 18.2 Å². The van der Waals surface area contributed by atoms with Crippen molar-refractivity contribution in [1.82, 2.24) is 14.9 Å². The number of thioether (sulfide) groups is 1. The number of hydrogen-bond donors (Lipinski definition) is 2. The molecule has 2 N–H and O–H groups in total. The maximum Gasteiger partial charge on any atom is 0.240 e. The third-order valence-electron chi connectivity index (χ3n) is 4.89. The zero-order valence-corrected chi connectivity index (χ0v) is 17.8. The minimum Gasteiger partial charge on any atom is -0.497 e. The quantitative estimate of drug-likeness (QED) is 0.626. The highest BCUT2D eigenvalue weighted by Crippen LogP contribution is 2.38. The number of amides is 1. The fourth-order valence-corrected chi connectivity index (χ4v) is 4.40. The topological polar surface area (TPSA) is 90.3 Å². The normalized spacial score (nSPS) is 17.6. The lowest BCUT2D eigenvalue weighted by atomic mass is 10.0. The van der Waals surface area contributed by atoms with Crippen LogP contribution in [0.4, 0.5) is 5.69 Å². The highest BCUT2D eigenvalue weighted by Gasteiger charge is 2.37. The van der Waals surface area contributed by atoms with Gasteiger partial charge in [-0.3, -0.25) is 4.79 Å². The molecule has 8 nitrogen and oxygen atoms in total. The largest absolute Gasteiger partial charge is 0.497 e. The van der Waals surface area contributed by atoms with Crippen LogP contribution in [-0.4, -0.2) is 40.3 Å². The molecule has 1 aliphatic rings. The van der Waals surface area contributed by atoms with Crippen molar-refractivity contribution < 1.29 is 14.3 Å². The van der Waals surface area contributed by atoms with E-state index in [1.165, 1.54) is 11.8 Å². The summed E-state index contributed by atoms with van der Waals surface area (Å²) in [4.78, 5) is 13.3. The molecular formula is C21H23N5O3S. The summed E-state index contributed by atoms with van der Waals surface area (Å²) >= 11 is 1.40. The van der Waals surface area contributed by atoms with Crippen molar-refractivity contribution in [3.8, 4) is 11.5 Å². The van der Waals surface area contributed by atoms with E-state index in [1.807, 2.05) is 54.1 Å². The molecule has 4 rings (SSSR count). The number of methoxy groups -OCH3 is 2. The molecule has 0 unspecified atom stereocenters. The Hall–Kier alpha value is -3.20. The van der Waals surface area contributed by atoms with Gasteiger partial charge >= 0.3 is 0 Å². The summed E-state index contributed by atoms with van der Waals surface area (Å²) < 4.78 is 12.4. The number of aryl methyl sites for hydroxylation is 1. The number of rotatable bonds is 6. The summed E-state index contributed by atoms with van der Waals surface area (Å²) in [6.45, 7) is 2.02. The van der Waals surface area contributed by atoms with E-state index in [4.69, 9.17) is 9.47 Å². The van der Waals surface area contributed by atoms with Gasteiger partial charge in [0.25, 0.3) is 0 Å².